The molecule has 19 heavy (non-hydrogen) atoms. The van der Waals surface area contributed by atoms with Crippen LogP contribution in [0.1, 0.15) is 50.2 Å². The molecule has 0 spiro atoms. The Bertz CT molecular complexity index is 562. The number of rotatable bonds is 3. The summed E-state index contributed by atoms with van der Waals surface area (Å²) in [5.74, 6) is 0.348. The first-order chi connectivity index (χ1) is 9.16. The van der Waals surface area contributed by atoms with Gasteiger partial charge in [-0.1, -0.05) is 18.6 Å². The second-order valence-corrected chi connectivity index (χ2v) is 5.85. The van der Waals surface area contributed by atoms with Crippen molar-refractivity contribution in [3.63, 3.8) is 0 Å². The summed E-state index contributed by atoms with van der Waals surface area (Å²) < 4.78 is 5.40. The van der Waals surface area contributed by atoms with Crippen molar-refractivity contribution in [3.05, 3.63) is 47.5 Å². The van der Waals surface area contributed by atoms with E-state index in [1.165, 1.54) is 16.7 Å². The average Bonchev–Trinajstić information content (AvgIpc) is 2.88. The zero-order chi connectivity index (χ0) is 13.5. The highest BCUT2D eigenvalue weighted by atomic mass is 16.3. The Morgan fingerprint density at radius 2 is 2.21 bits per heavy atom. The molecule has 0 saturated heterocycles. The topological polar surface area (TPSA) is 30.2 Å². The van der Waals surface area contributed by atoms with Crippen LogP contribution in [0.25, 0.3) is 0 Å². The maximum atomic E-state index is 12.2. The van der Waals surface area contributed by atoms with Crippen LogP contribution in [0.15, 0.2) is 40.7 Å². The lowest BCUT2D eigenvalue weighted by molar-refractivity contribution is -0.116. The summed E-state index contributed by atoms with van der Waals surface area (Å²) in [4.78, 5) is 12.2. The summed E-state index contributed by atoms with van der Waals surface area (Å²) in [6.45, 7) is 6.04. The molecule has 2 aliphatic rings. The molecule has 3 rings (SSSR count). The molecular formula is C17H20O2. The maximum absolute atomic E-state index is 12.2. The molecule has 2 aliphatic carbocycles. The fraction of sp³-hybridized carbons (Fsp3) is 0.471. The molecule has 0 saturated carbocycles. The van der Waals surface area contributed by atoms with Gasteiger partial charge >= 0.3 is 0 Å². The second-order valence-electron chi connectivity index (χ2n) is 5.85. The molecule has 1 aromatic heterocycles. The summed E-state index contributed by atoms with van der Waals surface area (Å²) in [7, 11) is 0. The Morgan fingerprint density at radius 3 is 3.00 bits per heavy atom. The highest BCUT2D eigenvalue weighted by Gasteiger charge is 2.42. The average molecular weight is 256 g/mol. The molecule has 1 unspecified atom stereocenters. The van der Waals surface area contributed by atoms with Crippen molar-refractivity contribution in [2.75, 3.05) is 0 Å². The predicted molar refractivity (Wildman–Crippen MR) is 75.1 cm³/mol. The fourth-order valence-electron chi connectivity index (χ4n) is 3.69. The van der Waals surface area contributed by atoms with Crippen LogP contribution in [0.5, 0.6) is 0 Å². The van der Waals surface area contributed by atoms with E-state index in [4.69, 9.17) is 4.42 Å². The van der Waals surface area contributed by atoms with Crippen molar-refractivity contribution >= 4 is 5.78 Å². The Hall–Kier alpha value is -1.57. The number of fused-ring (bicyclic) bond motifs is 3. The lowest BCUT2D eigenvalue weighted by atomic mass is 9.61. The molecule has 0 bridgehead atoms. The van der Waals surface area contributed by atoms with Crippen molar-refractivity contribution in [2.45, 2.75) is 50.9 Å². The quantitative estimate of drug-likeness (QED) is 0.762. The smallest absolute Gasteiger partial charge is 0.158 e. The van der Waals surface area contributed by atoms with Gasteiger partial charge in [0.1, 0.15) is 0 Å². The van der Waals surface area contributed by atoms with Gasteiger partial charge < -0.3 is 4.42 Å². The van der Waals surface area contributed by atoms with E-state index >= 15 is 0 Å². The SMILES string of the molecule is C=CCCC1=C2CCc3cocc3C2(C)CCC1=O. The minimum atomic E-state index is 0.0188. The van der Waals surface area contributed by atoms with Crippen molar-refractivity contribution in [1.82, 2.24) is 0 Å². The van der Waals surface area contributed by atoms with Gasteiger partial charge in [-0.25, -0.2) is 0 Å². The van der Waals surface area contributed by atoms with Crippen LogP contribution in [0.2, 0.25) is 0 Å². The molecule has 0 fully saturated rings. The molecule has 0 amide bonds. The fourth-order valence-corrected chi connectivity index (χ4v) is 3.69. The van der Waals surface area contributed by atoms with Crippen molar-refractivity contribution in [3.8, 4) is 0 Å². The highest BCUT2D eigenvalue weighted by molar-refractivity contribution is 5.98. The zero-order valence-corrected chi connectivity index (χ0v) is 11.5. The zero-order valence-electron chi connectivity index (χ0n) is 11.5. The van der Waals surface area contributed by atoms with Gasteiger partial charge in [-0.05, 0) is 43.2 Å². The van der Waals surface area contributed by atoms with Gasteiger partial charge in [-0.3, -0.25) is 4.79 Å². The number of hydrogen-bond donors (Lipinski definition) is 0. The van der Waals surface area contributed by atoms with Gasteiger partial charge in [0.15, 0.2) is 5.78 Å². The Labute approximate surface area is 114 Å². The molecule has 2 nitrogen and oxygen atoms in total. The van der Waals surface area contributed by atoms with E-state index in [1.54, 1.807) is 0 Å². The van der Waals surface area contributed by atoms with E-state index in [9.17, 15) is 4.79 Å². The number of carbonyl (C=O) groups is 1. The molecule has 0 aliphatic heterocycles. The molecular weight excluding hydrogens is 236 g/mol. The van der Waals surface area contributed by atoms with Crippen LogP contribution in [-0.2, 0) is 16.6 Å². The van der Waals surface area contributed by atoms with Gasteiger partial charge in [0.05, 0.1) is 12.5 Å². The van der Waals surface area contributed by atoms with Gasteiger partial charge in [-0.2, -0.15) is 0 Å². The molecule has 1 heterocycles. The Morgan fingerprint density at radius 1 is 1.37 bits per heavy atom. The van der Waals surface area contributed by atoms with Gasteiger partial charge in [0, 0.05) is 17.4 Å². The van der Waals surface area contributed by atoms with E-state index < -0.39 is 0 Å². The molecule has 100 valence electrons. The number of furan rings is 1. The van der Waals surface area contributed by atoms with Crippen LogP contribution in [0, 0.1) is 0 Å². The summed E-state index contributed by atoms with van der Waals surface area (Å²) >= 11 is 0. The Balaban J connectivity index is 2.10. The predicted octanol–water partition coefficient (Wildman–Crippen LogP) is 4.11. The standard InChI is InChI=1S/C17H20O2/c1-3-4-5-13-14-7-6-12-10-19-11-15(12)17(14,2)9-8-16(13)18/h3,10-11H,1,4-9H2,2H3. The van der Waals surface area contributed by atoms with Gasteiger partial charge in [0.25, 0.3) is 0 Å². The molecule has 2 heteroatoms. The van der Waals surface area contributed by atoms with Crippen molar-refractivity contribution in [2.24, 2.45) is 0 Å². The van der Waals surface area contributed by atoms with Crippen molar-refractivity contribution < 1.29 is 9.21 Å². The van der Waals surface area contributed by atoms with Crippen LogP contribution in [0.3, 0.4) is 0 Å². The van der Waals surface area contributed by atoms with Crippen LogP contribution >= 0.6 is 0 Å². The van der Waals surface area contributed by atoms with Crippen LogP contribution in [-0.4, -0.2) is 5.78 Å². The highest BCUT2D eigenvalue weighted by Crippen LogP contribution is 2.49. The van der Waals surface area contributed by atoms with Gasteiger partial charge in [0.2, 0.25) is 0 Å². The first-order valence-electron chi connectivity index (χ1n) is 7.09. The van der Waals surface area contributed by atoms with E-state index in [2.05, 4.69) is 13.5 Å². The Kier molecular flexibility index (Phi) is 2.96. The minimum Gasteiger partial charge on any atom is -0.472 e. The second kappa shape index (κ2) is 4.52. The number of carbonyl (C=O) groups excluding carboxylic acids is 1. The lowest BCUT2D eigenvalue weighted by Gasteiger charge is -2.41. The molecule has 0 N–H and O–H groups in total. The summed E-state index contributed by atoms with van der Waals surface area (Å²) in [5.41, 5.74) is 5.08. The largest absolute Gasteiger partial charge is 0.472 e. The summed E-state index contributed by atoms with van der Waals surface area (Å²) in [6.07, 6.45) is 11.0. The first-order valence-corrected chi connectivity index (χ1v) is 7.09. The third kappa shape index (κ3) is 1.81. The molecule has 1 aromatic rings. The minimum absolute atomic E-state index is 0.0188. The van der Waals surface area contributed by atoms with Crippen molar-refractivity contribution in [1.29, 1.82) is 0 Å². The molecule has 0 radical (unpaired) electrons. The van der Waals surface area contributed by atoms with E-state index in [1.807, 2.05) is 18.6 Å². The number of hydrogen-bond acceptors (Lipinski definition) is 2. The first kappa shape index (κ1) is 12.5. The van der Waals surface area contributed by atoms with E-state index in [0.717, 1.165) is 37.7 Å². The molecule has 1 atom stereocenters. The third-order valence-corrected chi connectivity index (χ3v) is 4.80. The molecule has 0 aromatic carbocycles. The summed E-state index contributed by atoms with van der Waals surface area (Å²) in [5, 5.41) is 0. The van der Waals surface area contributed by atoms with Crippen LogP contribution < -0.4 is 0 Å². The van der Waals surface area contributed by atoms with E-state index in [-0.39, 0.29) is 5.41 Å². The number of ketones is 1. The van der Waals surface area contributed by atoms with E-state index in [0.29, 0.717) is 12.2 Å². The van der Waals surface area contributed by atoms with Gasteiger partial charge in [-0.15, -0.1) is 6.58 Å². The summed E-state index contributed by atoms with van der Waals surface area (Å²) in [6, 6.07) is 0. The number of aryl methyl sites for hydroxylation is 1. The normalized spacial score (nSPS) is 26.1. The third-order valence-electron chi connectivity index (χ3n) is 4.80. The number of allylic oxidation sites excluding steroid dienone is 3. The lowest BCUT2D eigenvalue weighted by Crippen LogP contribution is -2.35. The van der Waals surface area contributed by atoms with Crippen LogP contribution in [0.4, 0.5) is 0 Å². The monoisotopic (exact) mass is 256 g/mol. The number of Topliss-reactive ketones (excluding diaryl/α,β-unsaturated/α-hetero) is 1. The maximum Gasteiger partial charge on any atom is 0.158 e.